The predicted molar refractivity (Wildman–Crippen MR) is 82.6 cm³/mol. The first kappa shape index (κ1) is 14.3. The first-order valence-corrected chi connectivity index (χ1v) is 7.98. The van der Waals surface area contributed by atoms with Crippen LogP contribution in [0.4, 0.5) is 0 Å². The largest absolute Gasteiger partial charge is 0.374 e. The molecule has 2 aliphatic rings. The summed E-state index contributed by atoms with van der Waals surface area (Å²) in [4.78, 5) is 25.8. The number of carbonyl (C=O) groups excluding carboxylic acids is 2. The highest BCUT2D eigenvalue weighted by Gasteiger charge is 2.42. The third kappa shape index (κ3) is 2.00. The maximum absolute atomic E-state index is 13.0. The fourth-order valence-corrected chi connectivity index (χ4v) is 3.63. The van der Waals surface area contributed by atoms with E-state index in [-0.39, 0.29) is 17.7 Å². The number of rotatable bonds is 2. The highest BCUT2D eigenvalue weighted by molar-refractivity contribution is 6.26. The van der Waals surface area contributed by atoms with Gasteiger partial charge in [-0.25, -0.2) is 9.13 Å². The highest BCUT2D eigenvalue weighted by atomic mass is 16.5. The second kappa shape index (κ2) is 5.13. The number of fused-ring (bicyclic) bond motifs is 2. The molecule has 1 saturated heterocycles. The van der Waals surface area contributed by atoms with Crippen molar-refractivity contribution in [2.45, 2.75) is 32.4 Å². The van der Waals surface area contributed by atoms with Crippen molar-refractivity contribution in [3.63, 3.8) is 0 Å². The Balaban J connectivity index is 1.88. The normalized spacial score (nSPS) is 19.8. The van der Waals surface area contributed by atoms with Crippen LogP contribution in [-0.2, 0) is 18.3 Å². The Labute approximate surface area is 134 Å². The summed E-state index contributed by atoms with van der Waals surface area (Å²) >= 11 is 0. The van der Waals surface area contributed by atoms with Gasteiger partial charge in [-0.2, -0.15) is 0 Å². The van der Waals surface area contributed by atoms with E-state index in [1.54, 1.807) is 24.3 Å². The summed E-state index contributed by atoms with van der Waals surface area (Å²) in [6.45, 7) is 3.34. The molecule has 0 N–H and O–H groups in total. The summed E-state index contributed by atoms with van der Waals surface area (Å²) in [5.41, 5.74) is 1.99. The van der Waals surface area contributed by atoms with E-state index in [0.717, 1.165) is 25.3 Å². The molecule has 5 heteroatoms. The van der Waals surface area contributed by atoms with Crippen LogP contribution in [0.2, 0.25) is 0 Å². The summed E-state index contributed by atoms with van der Waals surface area (Å²) in [7, 11) is 1.85. The molecule has 1 atom stereocenters. The fraction of sp³-hybridized carbons (Fsp3) is 0.389. The molecule has 1 aromatic heterocycles. The third-order valence-electron chi connectivity index (χ3n) is 4.96. The van der Waals surface area contributed by atoms with Crippen molar-refractivity contribution in [2.75, 3.05) is 6.61 Å². The molecule has 0 amide bonds. The van der Waals surface area contributed by atoms with Crippen molar-refractivity contribution < 1.29 is 18.9 Å². The van der Waals surface area contributed by atoms with Crippen molar-refractivity contribution in [1.82, 2.24) is 4.57 Å². The molecular weight excluding hydrogens is 292 g/mol. The topological polar surface area (TPSA) is 52.2 Å². The smallest absolute Gasteiger partial charge is 0.254 e. The van der Waals surface area contributed by atoms with Crippen molar-refractivity contribution >= 4 is 11.6 Å². The van der Waals surface area contributed by atoms with Gasteiger partial charge in [-0.1, -0.05) is 24.3 Å². The Morgan fingerprint density at radius 2 is 1.91 bits per heavy atom. The lowest BCUT2D eigenvalue weighted by molar-refractivity contribution is -0.679. The number of imidazole rings is 1. The van der Waals surface area contributed by atoms with Gasteiger partial charge in [-0.05, 0) is 12.8 Å². The van der Waals surface area contributed by atoms with Crippen LogP contribution in [0.15, 0.2) is 24.3 Å². The summed E-state index contributed by atoms with van der Waals surface area (Å²) in [5, 5.41) is 0. The minimum atomic E-state index is -0.0770. The summed E-state index contributed by atoms with van der Waals surface area (Å²) in [6, 6.07) is 7.06. The number of hydrogen-bond acceptors (Lipinski definition) is 3. The van der Waals surface area contributed by atoms with E-state index in [9.17, 15) is 9.59 Å². The van der Waals surface area contributed by atoms with Gasteiger partial charge in [0.05, 0.1) is 13.2 Å². The summed E-state index contributed by atoms with van der Waals surface area (Å²) < 4.78 is 9.51. The van der Waals surface area contributed by atoms with Gasteiger partial charge >= 0.3 is 0 Å². The first-order chi connectivity index (χ1) is 11.1. The van der Waals surface area contributed by atoms with E-state index < -0.39 is 0 Å². The van der Waals surface area contributed by atoms with Crippen LogP contribution < -0.4 is 4.57 Å². The molecule has 1 aliphatic carbocycles. The summed E-state index contributed by atoms with van der Waals surface area (Å²) in [5.74, 6) is 0.754. The first-order valence-electron chi connectivity index (χ1n) is 7.98. The Bertz CT molecular complexity index is 829. The van der Waals surface area contributed by atoms with Crippen LogP contribution in [0, 0.1) is 6.92 Å². The van der Waals surface area contributed by atoms with Crippen LogP contribution in [0.25, 0.3) is 0 Å². The van der Waals surface area contributed by atoms with Gasteiger partial charge in [0.2, 0.25) is 23.0 Å². The third-order valence-corrected chi connectivity index (χ3v) is 4.96. The molecule has 1 aliphatic heterocycles. The average Bonchev–Trinajstić information content (AvgIpc) is 3.15. The lowest BCUT2D eigenvalue weighted by Gasteiger charge is -2.13. The van der Waals surface area contributed by atoms with E-state index in [2.05, 4.69) is 0 Å². The molecule has 0 spiro atoms. The molecule has 2 aromatic rings. The Morgan fingerprint density at radius 1 is 1.22 bits per heavy atom. The Morgan fingerprint density at radius 3 is 2.57 bits per heavy atom. The van der Waals surface area contributed by atoms with Crippen molar-refractivity contribution in [2.24, 2.45) is 7.05 Å². The van der Waals surface area contributed by atoms with Crippen molar-refractivity contribution in [3.05, 3.63) is 52.6 Å². The Hall–Kier alpha value is -2.27. The quantitative estimate of drug-likeness (QED) is 0.675. The van der Waals surface area contributed by atoms with Crippen LogP contribution in [0.1, 0.15) is 50.8 Å². The second-order valence-electron chi connectivity index (χ2n) is 6.25. The number of aromatic nitrogens is 2. The summed E-state index contributed by atoms with van der Waals surface area (Å²) in [6.07, 6.45) is 2.16. The molecule has 118 valence electrons. The van der Waals surface area contributed by atoms with Gasteiger partial charge in [0.15, 0.2) is 0 Å². The fourth-order valence-electron chi connectivity index (χ4n) is 3.63. The molecule has 1 fully saturated rings. The van der Waals surface area contributed by atoms with E-state index in [1.165, 1.54) is 0 Å². The maximum atomic E-state index is 13.0. The Kier molecular flexibility index (Phi) is 3.20. The molecule has 0 saturated carbocycles. The van der Waals surface area contributed by atoms with Gasteiger partial charge in [-0.15, -0.1) is 0 Å². The molecule has 23 heavy (non-hydrogen) atoms. The number of benzene rings is 1. The van der Waals surface area contributed by atoms with Crippen LogP contribution >= 0.6 is 0 Å². The number of ketones is 2. The van der Waals surface area contributed by atoms with Gasteiger partial charge in [0.25, 0.3) is 5.82 Å². The van der Waals surface area contributed by atoms with Crippen molar-refractivity contribution in [3.8, 4) is 0 Å². The SMILES string of the molecule is Cc1n(CC2CCCO2)c2c([n+]1C)C(=O)c1ccccc1C2=O. The van der Waals surface area contributed by atoms with Gasteiger partial charge in [-0.3, -0.25) is 9.59 Å². The molecule has 2 heterocycles. The molecule has 1 unspecified atom stereocenters. The number of ether oxygens (including phenoxy) is 1. The van der Waals surface area contributed by atoms with Gasteiger partial charge in [0.1, 0.15) is 6.54 Å². The van der Waals surface area contributed by atoms with E-state index in [0.29, 0.717) is 29.1 Å². The maximum Gasteiger partial charge on any atom is 0.254 e. The molecule has 0 radical (unpaired) electrons. The zero-order valence-electron chi connectivity index (χ0n) is 13.3. The monoisotopic (exact) mass is 311 g/mol. The van der Waals surface area contributed by atoms with Crippen LogP contribution in [0.5, 0.6) is 0 Å². The van der Waals surface area contributed by atoms with Crippen molar-refractivity contribution in [1.29, 1.82) is 0 Å². The second-order valence-corrected chi connectivity index (χ2v) is 6.25. The van der Waals surface area contributed by atoms with E-state index in [1.807, 2.05) is 23.1 Å². The van der Waals surface area contributed by atoms with Crippen LogP contribution in [0.3, 0.4) is 0 Å². The van der Waals surface area contributed by atoms with Gasteiger partial charge in [0, 0.05) is 24.7 Å². The van der Waals surface area contributed by atoms with E-state index in [4.69, 9.17) is 4.74 Å². The molecule has 4 rings (SSSR count). The lowest BCUT2D eigenvalue weighted by Crippen LogP contribution is -2.39. The zero-order chi connectivity index (χ0) is 16.1. The molecule has 5 nitrogen and oxygen atoms in total. The number of nitrogens with zero attached hydrogens (tertiary/aromatic N) is 2. The van der Waals surface area contributed by atoms with Gasteiger partial charge < -0.3 is 4.74 Å². The minimum Gasteiger partial charge on any atom is -0.374 e. The standard InChI is InChI=1S/C18H19N2O3/c1-11-19(2)15-16(20(11)10-12-6-5-9-23-12)18(22)14-8-4-3-7-13(14)17(15)21/h3-4,7-8,12H,5-6,9-10H2,1-2H3/q+1. The number of carbonyl (C=O) groups is 2. The molecule has 0 bridgehead atoms. The zero-order valence-corrected chi connectivity index (χ0v) is 13.3. The lowest BCUT2D eigenvalue weighted by atomic mass is 9.90. The minimum absolute atomic E-state index is 0.0723. The van der Waals surface area contributed by atoms with E-state index >= 15 is 0 Å². The van der Waals surface area contributed by atoms with Crippen LogP contribution in [-0.4, -0.2) is 28.8 Å². The highest BCUT2D eigenvalue weighted by Crippen LogP contribution is 2.27. The average molecular weight is 311 g/mol. The number of hydrogen-bond donors (Lipinski definition) is 0. The molecular formula is C18H19N2O3+. The molecule has 1 aromatic carbocycles. The predicted octanol–water partition coefficient (Wildman–Crippen LogP) is 1.58.